The van der Waals surface area contributed by atoms with Crippen LogP contribution in [0.2, 0.25) is 0 Å². The molecule has 0 saturated heterocycles. The zero-order valence-corrected chi connectivity index (χ0v) is 17.7. The molecule has 0 bridgehead atoms. The third kappa shape index (κ3) is 4.17. The molecule has 4 aromatic rings. The molecule has 1 aromatic heterocycles. The lowest BCUT2D eigenvalue weighted by molar-refractivity contribution is -0.137. The van der Waals surface area contributed by atoms with Gasteiger partial charge in [0.25, 0.3) is 0 Å². The summed E-state index contributed by atoms with van der Waals surface area (Å²) < 4.78 is 38.7. The first-order chi connectivity index (χ1) is 15.5. The minimum Gasteiger partial charge on any atom is -0.357 e. The maximum atomic E-state index is 12.9. The highest BCUT2D eigenvalue weighted by Gasteiger charge is 2.31. The first kappa shape index (κ1) is 20.8. The Balaban J connectivity index is 1.43. The minimum atomic E-state index is -4.30. The summed E-state index contributed by atoms with van der Waals surface area (Å²) >= 11 is 0. The van der Waals surface area contributed by atoms with Crippen molar-refractivity contribution in [1.82, 2.24) is 9.88 Å². The van der Waals surface area contributed by atoms with Gasteiger partial charge in [0.15, 0.2) is 0 Å². The van der Waals surface area contributed by atoms with E-state index in [1.54, 1.807) is 12.1 Å². The summed E-state index contributed by atoms with van der Waals surface area (Å²) in [5, 5.41) is 1.28. The number of rotatable bonds is 5. The topological polar surface area (TPSA) is 19.0 Å². The van der Waals surface area contributed by atoms with Gasteiger partial charge in [0.05, 0.1) is 11.6 Å². The van der Waals surface area contributed by atoms with Gasteiger partial charge in [-0.25, -0.2) is 0 Å². The zero-order valence-electron chi connectivity index (χ0n) is 17.7. The van der Waals surface area contributed by atoms with E-state index in [-0.39, 0.29) is 6.04 Å². The van der Waals surface area contributed by atoms with E-state index in [0.29, 0.717) is 0 Å². The average molecular weight is 435 g/mol. The molecule has 164 valence electrons. The third-order valence-corrected chi connectivity index (χ3v) is 6.49. The highest BCUT2D eigenvalue weighted by molar-refractivity contribution is 5.85. The number of para-hydroxylation sites is 1. The summed E-state index contributed by atoms with van der Waals surface area (Å²) in [5.74, 6) is 0. The molecule has 0 aliphatic carbocycles. The number of H-pyrrole nitrogens is 1. The van der Waals surface area contributed by atoms with Crippen molar-refractivity contribution in [2.24, 2.45) is 0 Å². The Labute approximate surface area is 185 Å². The largest absolute Gasteiger partial charge is 0.416 e. The molecular formula is C27H25F3N2. The van der Waals surface area contributed by atoms with Crippen molar-refractivity contribution in [3.8, 4) is 0 Å². The second-order valence-corrected chi connectivity index (χ2v) is 8.52. The summed E-state index contributed by atoms with van der Waals surface area (Å²) in [6.07, 6.45) is -1.74. The van der Waals surface area contributed by atoms with Crippen LogP contribution in [0.1, 0.15) is 40.4 Å². The fourth-order valence-electron chi connectivity index (χ4n) is 4.87. The Morgan fingerprint density at radius 3 is 2.31 bits per heavy atom. The van der Waals surface area contributed by atoms with Crippen molar-refractivity contribution in [3.63, 3.8) is 0 Å². The van der Waals surface area contributed by atoms with Gasteiger partial charge < -0.3 is 4.98 Å². The number of hydrogen-bond acceptors (Lipinski definition) is 1. The van der Waals surface area contributed by atoms with Gasteiger partial charge >= 0.3 is 6.18 Å². The molecule has 0 radical (unpaired) electrons. The quantitative estimate of drug-likeness (QED) is 0.361. The molecule has 0 amide bonds. The van der Waals surface area contributed by atoms with Gasteiger partial charge in [0.2, 0.25) is 0 Å². The van der Waals surface area contributed by atoms with Crippen LogP contribution in [0.5, 0.6) is 0 Å². The van der Waals surface area contributed by atoms with Gasteiger partial charge in [-0.3, -0.25) is 4.90 Å². The van der Waals surface area contributed by atoms with E-state index in [9.17, 15) is 13.2 Å². The monoisotopic (exact) mass is 434 g/mol. The highest BCUT2D eigenvalue weighted by atomic mass is 19.4. The molecule has 1 aliphatic rings. The van der Waals surface area contributed by atoms with E-state index in [4.69, 9.17) is 0 Å². The number of halogens is 3. The fourth-order valence-corrected chi connectivity index (χ4v) is 4.87. The van der Waals surface area contributed by atoms with Gasteiger partial charge in [0.1, 0.15) is 0 Å². The van der Waals surface area contributed by atoms with Gasteiger partial charge in [-0.2, -0.15) is 13.2 Å². The maximum absolute atomic E-state index is 12.9. The van der Waals surface area contributed by atoms with Gasteiger partial charge in [-0.05, 0) is 54.2 Å². The van der Waals surface area contributed by atoms with Crippen molar-refractivity contribution in [1.29, 1.82) is 0 Å². The van der Waals surface area contributed by atoms with E-state index >= 15 is 0 Å². The predicted octanol–water partition coefficient (Wildman–Crippen LogP) is 6.92. The molecule has 0 saturated carbocycles. The van der Waals surface area contributed by atoms with Crippen LogP contribution in [0.25, 0.3) is 10.9 Å². The molecule has 2 heterocycles. The molecule has 5 rings (SSSR count). The van der Waals surface area contributed by atoms with Gasteiger partial charge in [-0.15, -0.1) is 0 Å². The Morgan fingerprint density at radius 1 is 0.844 bits per heavy atom. The number of aromatic nitrogens is 1. The predicted molar refractivity (Wildman–Crippen MR) is 121 cm³/mol. The summed E-state index contributed by atoms with van der Waals surface area (Å²) in [7, 11) is 0. The molecule has 3 aromatic carbocycles. The number of nitrogens with one attached hydrogen (secondary N) is 1. The Hall–Kier alpha value is -3.05. The molecule has 0 fully saturated rings. The third-order valence-electron chi connectivity index (χ3n) is 6.49. The van der Waals surface area contributed by atoms with Crippen LogP contribution in [-0.2, 0) is 25.6 Å². The van der Waals surface area contributed by atoms with E-state index in [1.807, 2.05) is 12.1 Å². The second-order valence-electron chi connectivity index (χ2n) is 8.52. The Bertz CT molecular complexity index is 1190. The number of hydrogen-bond donors (Lipinski definition) is 1. The normalized spacial score (nSPS) is 16.9. The number of aromatic amines is 1. The van der Waals surface area contributed by atoms with Crippen molar-refractivity contribution >= 4 is 10.9 Å². The molecule has 5 heteroatoms. The van der Waals surface area contributed by atoms with Crippen molar-refractivity contribution < 1.29 is 13.2 Å². The average Bonchev–Trinajstić information content (AvgIpc) is 3.17. The highest BCUT2D eigenvalue weighted by Crippen LogP contribution is 2.38. The van der Waals surface area contributed by atoms with Crippen molar-refractivity contribution in [2.75, 3.05) is 6.54 Å². The number of benzene rings is 3. The van der Waals surface area contributed by atoms with Gasteiger partial charge in [-0.1, -0.05) is 60.7 Å². The zero-order chi connectivity index (χ0) is 22.1. The second kappa shape index (κ2) is 8.47. The number of nitrogens with zero attached hydrogens (tertiary/aromatic N) is 1. The Morgan fingerprint density at radius 2 is 1.56 bits per heavy atom. The van der Waals surface area contributed by atoms with Crippen LogP contribution in [-0.4, -0.2) is 16.4 Å². The van der Waals surface area contributed by atoms with Crippen molar-refractivity contribution in [3.05, 3.63) is 107 Å². The summed E-state index contributed by atoms with van der Waals surface area (Å²) in [4.78, 5) is 6.15. The van der Waals surface area contributed by atoms with Crippen LogP contribution in [0, 0.1) is 0 Å². The molecule has 1 aliphatic heterocycles. The fraction of sp³-hybridized carbons (Fsp3) is 0.259. The lowest BCUT2D eigenvalue weighted by atomic mass is 9.92. The van der Waals surface area contributed by atoms with Crippen LogP contribution < -0.4 is 0 Å². The van der Waals surface area contributed by atoms with Gasteiger partial charge in [0, 0.05) is 29.7 Å². The molecule has 0 spiro atoms. The Kier molecular flexibility index (Phi) is 5.51. The standard InChI is InChI=1S/C27H25F3N2/c28-27(29,30)21-13-10-19(11-14-21)12-15-25-26-23(22-8-4-5-9-24(22)31-26)16-17-32(25)18-20-6-2-1-3-7-20/h1-11,13-14,25,31H,12,15-18H2. The molecule has 32 heavy (non-hydrogen) atoms. The van der Waals surface area contributed by atoms with E-state index in [0.717, 1.165) is 43.4 Å². The van der Waals surface area contributed by atoms with Crippen LogP contribution >= 0.6 is 0 Å². The lowest BCUT2D eigenvalue weighted by Crippen LogP contribution is -2.35. The number of alkyl halides is 3. The number of fused-ring (bicyclic) bond motifs is 3. The smallest absolute Gasteiger partial charge is 0.357 e. The molecule has 1 N–H and O–H groups in total. The SMILES string of the molecule is FC(F)(F)c1ccc(CCC2c3[nH]c4ccccc4c3CCN2Cc2ccccc2)cc1. The lowest BCUT2D eigenvalue weighted by Gasteiger charge is -2.36. The summed E-state index contributed by atoms with van der Waals surface area (Å²) in [6, 6.07) is 24.6. The minimum absolute atomic E-state index is 0.189. The molecule has 1 unspecified atom stereocenters. The van der Waals surface area contributed by atoms with Crippen LogP contribution in [0.3, 0.4) is 0 Å². The van der Waals surface area contributed by atoms with Crippen LogP contribution in [0.4, 0.5) is 13.2 Å². The first-order valence-electron chi connectivity index (χ1n) is 11.0. The molecular weight excluding hydrogens is 409 g/mol. The molecule has 1 atom stereocenters. The van der Waals surface area contributed by atoms with E-state index in [1.165, 1.54) is 34.3 Å². The van der Waals surface area contributed by atoms with E-state index < -0.39 is 11.7 Å². The summed E-state index contributed by atoms with van der Waals surface area (Å²) in [5.41, 5.74) is 5.39. The van der Waals surface area contributed by atoms with E-state index in [2.05, 4.69) is 52.3 Å². The molecule has 2 nitrogen and oxygen atoms in total. The van der Waals surface area contributed by atoms with Crippen molar-refractivity contribution in [2.45, 2.75) is 38.0 Å². The first-order valence-corrected chi connectivity index (χ1v) is 11.0. The van der Waals surface area contributed by atoms with Crippen LogP contribution in [0.15, 0.2) is 78.9 Å². The maximum Gasteiger partial charge on any atom is 0.416 e. The summed E-state index contributed by atoms with van der Waals surface area (Å²) in [6.45, 7) is 1.81. The number of aryl methyl sites for hydroxylation is 1.